The van der Waals surface area contributed by atoms with E-state index in [1.54, 1.807) is 24.3 Å². The largest absolute Gasteiger partial charge is 0.493 e. The number of aliphatic hydroxyl groups excluding tert-OH is 1. The van der Waals surface area contributed by atoms with E-state index in [0.29, 0.717) is 23.8 Å². The van der Waals surface area contributed by atoms with Crippen molar-refractivity contribution >= 4 is 12.5 Å². The number of hydrogen-bond acceptors (Lipinski definition) is 6. The van der Waals surface area contributed by atoms with Crippen LogP contribution < -0.4 is 20.5 Å². The first-order valence-corrected chi connectivity index (χ1v) is 7.63. The summed E-state index contributed by atoms with van der Waals surface area (Å²) in [5.74, 6) is 1.44. The van der Waals surface area contributed by atoms with E-state index in [2.05, 4.69) is 5.32 Å². The van der Waals surface area contributed by atoms with Crippen LogP contribution in [0.15, 0.2) is 24.1 Å². The zero-order valence-corrected chi connectivity index (χ0v) is 14.5. The molecule has 1 rings (SSSR count). The number of rotatable bonds is 10. The predicted molar refractivity (Wildman–Crippen MR) is 91.5 cm³/mol. The van der Waals surface area contributed by atoms with E-state index in [1.165, 1.54) is 14.2 Å². The topological polar surface area (TPSA) is 103 Å². The lowest BCUT2D eigenvalue weighted by Crippen LogP contribution is -2.42. The third-order valence-corrected chi connectivity index (χ3v) is 3.53. The van der Waals surface area contributed by atoms with Crippen molar-refractivity contribution in [3.05, 3.63) is 29.6 Å². The molecular formula is C17H26N2O5. The molecule has 24 heavy (non-hydrogen) atoms. The van der Waals surface area contributed by atoms with Gasteiger partial charge in [-0.05, 0) is 23.6 Å². The quantitative estimate of drug-likeness (QED) is 0.436. The predicted octanol–water partition coefficient (Wildman–Crippen LogP) is 1.11. The second-order valence-electron chi connectivity index (χ2n) is 5.58. The van der Waals surface area contributed by atoms with Gasteiger partial charge in [-0.1, -0.05) is 19.9 Å². The van der Waals surface area contributed by atoms with Gasteiger partial charge < -0.3 is 25.1 Å². The van der Waals surface area contributed by atoms with Gasteiger partial charge in [-0.2, -0.15) is 0 Å². The van der Waals surface area contributed by atoms with Gasteiger partial charge in [-0.25, -0.2) is 0 Å². The van der Waals surface area contributed by atoms with Crippen LogP contribution >= 0.6 is 0 Å². The average molecular weight is 338 g/mol. The number of nitrogens with one attached hydrogen (secondary N) is 1. The minimum absolute atomic E-state index is 0.0703. The average Bonchev–Trinajstić information content (AvgIpc) is 2.58. The number of amides is 1. The lowest BCUT2D eigenvalue weighted by molar-refractivity contribution is -0.109. The molecule has 2 unspecified atom stereocenters. The number of ether oxygens (including phenoxy) is 3. The molecule has 7 nitrogen and oxygen atoms in total. The van der Waals surface area contributed by atoms with Crippen molar-refractivity contribution in [1.29, 1.82) is 0 Å². The molecule has 0 aliphatic carbocycles. The second kappa shape index (κ2) is 9.79. The number of benzene rings is 1. The van der Waals surface area contributed by atoms with Gasteiger partial charge in [0, 0.05) is 12.1 Å². The van der Waals surface area contributed by atoms with Crippen LogP contribution in [0, 0.1) is 5.92 Å². The van der Waals surface area contributed by atoms with Crippen LogP contribution in [0.3, 0.4) is 0 Å². The van der Waals surface area contributed by atoms with Crippen molar-refractivity contribution in [3.63, 3.8) is 0 Å². The molecule has 0 heterocycles. The molecule has 2 atom stereocenters. The van der Waals surface area contributed by atoms with Gasteiger partial charge in [0.1, 0.15) is 12.7 Å². The summed E-state index contributed by atoms with van der Waals surface area (Å²) in [6, 6.07) is 4.86. The van der Waals surface area contributed by atoms with Crippen molar-refractivity contribution in [2.24, 2.45) is 11.7 Å². The molecule has 7 heteroatoms. The summed E-state index contributed by atoms with van der Waals surface area (Å²) in [4.78, 5) is 10.5. The highest BCUT2D eigenvalue weighted by atomic mass is 16.5. The van der Waals surface area contributed by atoms with Crippen molar-refractivity contribution in [2.75, 3.05) is 20.8 Å². The molecule has 0 spiro atoms. The molecule has 134 valence electrons. The van der Waals surface area contributed by atoms with Gasteiger partial charge in [0.15, 0.2) is 17.4 Å². The van der Waals surface area contributed by atoms with Gasteiger partial charge in [-0.3, -0.25) is 10.1 Å². The molecule has 1 aromatic rings. The van der Waals surface area contributed by atoms with Crippen LogP contribution in [-0.4, -0.2) is 44.5 Å². The van der Waals surface area contributed by atoms with Crippen molar-refractivity contribution in [1.82, 2.24) is 5.32 Å². The van der Waals surface area contributed by atoms with Gasteiger partial charge in [0.2, 0.25) is 6.41 Å². The first-order chi connectivity index (χ1) is 11.4. The first kappa shape index (κ1) is 19.8. The van der Waals surface area contributed by atoms with E-state index in [-0.39, 0.29) is 18.6 Å². The van der Waals surface area contributed by atoms with Crippen molar-refractivity contribution in [3.8, 4) is 11.5 Å². The van der Waals surface area contributed by atoms with Crippen LogP contribution in [-0.2, 0) is 9.53 Å². The molecule has 0 radical (unpaired) electrons. The summed E-state index contributed by atoms with van der Waals surface area (Å²) in [5, 5.41) is 12.5. The van der Waals surface area contributed by atoms with Crippen LogP contribution in [0.4, 0.5) is 0 Å². The highest BCUT2D eigenvalue weighted by Crippen LogP contribution is 2.29. The number of methoxy groups -OCH3 is 2. The molecule has 1 amide bonds. The molecule has 0 saturated heterocycles. The fourth-order valence-corrected chi connectivity index (χ4v) is 1.99. The zero-order valence-electron chi connectivity index (χ0n) is 14.5. The normalized spacial score (nSPS) is 14.0. The molecule has 0 aromatic heterocycles. The molecule has 0 aliphatic rings. The van der Waals surface area contributed by atoms with Gasteiger partial charge in [-0.15, -0.1) is 0 Å². The van der Waals surface area contributed by atoms with E-state index < -0.39 is 6.10 Å². The zero-order chi connectivity index (χ0) is 18.1. The Morgan fingerprint density at radius 2 is 2.04 bits per heavy atom. The van der Waals surface area contributed by atoms with Crippen LogP contribution in [0.25, 0.3) is 6.08 Å². The molecule has 1 aromatic carbocycles. The van der Waals surface area contributed by atoms with E-state index >= 15 is 0 Å². The fraction of sp³-hybridized carbons (Fsp3) is 0.471. The monoisotopic (exact) mass is 338 g/mol. The molecule has 0 fully saturated rings. The summed E-state index contributed by atoms with van der Waals surface area (Å²) in [6.45, 7) is 3.95. The maximum atomic E-state index is 10.5. The van der Waals surface area contributed by atoms with Gasteiger partial charge in [0.05, 0.1) is 14.2 Å². The van der Waals surface area contributed by atoms with E-state index in [1.807, 2.05) is 13.8 Å². The molecular weight excluding hydrogens is 312 g/mol. The maximum absolute atomic E-state index is 10.5. The summed E-state index contributed by atoms with van der Waals surface area (Å²) in [6.07, 6.45) is 1.40. The van der Waals surface area contributed by atoms with Crippen LogP contribution in [0.5, 0.6) is 11.5 Å². The van der Waals surface area contributed by atoms with E-state index in [4.69, 9.17) is 19.9 Å². The Kier molecular flexibility index (Phi) is 8.08. The van der Waals surface area contributed by atoms with Gasteiger partial charge in [0.25, 0.3) is 0 Å². The highest BCUT2D eigenvalue weighted by molar-refractivity contribution is 5.60. The lowest BCUT2D eigenvalue weighted by Gasteiger charge is -2.22. The Bertz CT molecular complexity index is 560. The first-order valence-electron chi connectivity index (χ1n) is 7.63. The number of carbonyl (C=O) groups excluding carboxylic acids is 1. The minimum atomic E-state index is -0.772. The Morgan fingerprint density at radius 1 is 1.33 bits per heavy atom. The smallest absolute Gasteiger partial charge is 0.213 e. The standard InChI is InChI=1S/C17H26N2O5/c1-11(2)17(18)13(21)9-24-14-6-5-12(7-15(14)22-3)8-16(23-4)19-10-20/h5-8,10-11,13,17,21H,9,18H2,1-4H3,(H,19,20). The van der Waals surface area contributed by atoms with Crippen LogP contribution in [0.1, 0.15) is 19.4 Å². The van der Waals surface area contributed by atoms with Crippen molar-refractivity contribution < 1.29 is 24.1 Å². The second-order valence-corrected chi connectivity index (χ2v) is 5.58. The molecule has 0 bridgehead atoms. The summed E-state index contributed by atoms with van der Waals surface area (Å²) >= 11 is 0. The minimum Gasteiger partial charge on any atom is -0.493 e. The lowest BCUT2D eigenvalue weighted by atomic mass is 10.0. The molecule has 0 aliphatic heterocycles. The number of hydrogen-bond donors (Lipinski definition) is 3. The third kappa shape index (κ3) is 5.75. The van der Waals surface area contributed by atoms with Gasteiger partial charge >= 0.3 is 0 Å². The summed E-state index contributed by atoms with van der Waals surface area (Å²) < 4.78 is 15.9. The molecule has 4 N–H and O–H groups in total. The summed E-state index contributed by atoms with van der Waals surface area (Å²) in [7, 11) is 2.98. The Hall–Kier alpha value is -2.25. The van der Waals surface area contributed by atoms with E-state index in [0.717, 1.165) is 5.56 Å². The Labute approximate surface area is 142 Å². The number of aliphatic hydroxyl groups is 1. The Balaban J connectivity index is 2.85. The Morgan fingerprint density at radius 3 is 2.58 bits per heavy atom. The maximum Gasteiger partial charge on any atom is 0.213 e. The van der Waals surface area contributed by atoms with Crippen molar-refractivity contribution in [2.45, 2.75) is 26.0 Å². The number of nitrogens with two attached hydrogens (primary N) is 1. The fourth-order valence-electron chi connectivity index (χ4n) is 1.99. The third-order valence-electron chi connectivity index (χ3n) is 3.53. The SMILES string of the molecule is COC(=Cc1ccc(OCC(O)C(N)C(C)C)c(OC)c1)NC=O. The van der Waals surface area contributed by atoms with Crippen LogP contribution in [0.2, 0.25) is 0 Å². The molecule has 0 saturated carbocycles. The van der Waals surface area contributed by atoms with E-state index in [9.17, 15) is 9.90 Å². The number of carbonyl (C=O) groups is 1. The summed E-state index contributed by atoms with van der Waals surface area (Å²) in [5.41, 5.74) is 6.65. The highest BCUT2D eigenvalue weighted by Gasteiger charge is 2.19.